The molecule has 138 valence electrons. The zero-order valence-electron chi connectivity index (χ0n) is 14.9. The van der Waals surface area contributed by atoms with Crippen molar-refractivity contribution in [3.05, 3.63) is 52.5 Å². The van der Waals surface area contributed by atoms with E-state index in [2.05, 4.69) is 10.6 Å². The van der Waals surface area contributed by atoms with Crippen LogP contribution in [-0.2, 0) is 16.0 Å². The Bertz CT molecular complexity index is 791. The topological polar surface area (TPSA) is 76.7 Å². The average molecular weight is 377 g/mol. The molecule has 0 saturated heterocycles. The molecule has 0 aromatic heterocycles. The number of halogens is 1. The van der Waals surface area contributed by atoms with Gasteiger partial charge in [0.05, 0.1) is 37.9 Å². The smallest absolute Gasteiger partial charge is 0.243 e. The van der Waals surface area contributed by atoms with E-state index < -0.39 is 0 Å². The first-order valence-electron chi connectivity index (χ1n) is 7.96. The molecule has 2 aromatic carbocycles. The van der Waals surface area contributed by atoms with E-state index in [1.165, 1.54) is 14.2 Å². The number of carbonyl (C=O) groups is 2. The number of carbonyl (C=O) groups excluding carboxylic acids is 2. The van der Waals surface area contributed by atoms with E-state index in [1.54, 1.807) is 12.1 Å². The van der Waals surface area contributed by atoms with Gasteiger partial charge in [-0.05, 0) is 12.5 Å². The molecule has 0 saturated carbocycles. The molecule has 7 heteroatoms. The predicted octanol–water partition coefficient (Wildman–Crippen LogP) is 2.96. The molecule has 0 aliphatic heterocycles. The number of ether oxygens (including phenoxy) is 2. The van der Waals surface area contributed by atoms with Crippen LogP contribution in [0.25, 0.3) is 0 Å². The van der Waals surface area contributed by atoms with Crippen molar-refractivity contribution in [1.29, 1.82) is 0 Å². The molecule has 2 rings (SSSR count). The van der Waals surface area contributed by atoms with E-state index in [0.717, 1.165) is 11.1 Å². The van der Waals surface area contributed by atoms with Gasteiger partial charge in [0.1, 0.15) is 11.5 Å². The third-order valence-corrected chi connectivity index (χ3v) is 3.97. The summed E-state index contributed by atoms with van der Waals surface area (Å²) in [5.74, 6) is 0.191. The summed E-state index contributed by atoms with van der Waals surface area (Å²) in [6, 6.07) is 10.8. The Kier molecular flexibility index (Phi) is 6.86. The lowest BCUT2D eigenvalue weighted by molar-refractivity contribution is -0.123. The van der Waals surface area contributed by atoms with E-state index in [-0.39, 0.29) is 24.8 Å². The Balaban J connectivity index is 1.92. The Labute approximate surface area is 157 Å². The maximum absolute atomic E-state index is 12.1. The van der Waals surface area contributed by atoms with Gasteiger partial charge in [-0.1, -0.05) is 41.4 Å². The summed E-state index contributed by atoms with van der Waals surface area (Å²) in [6.45, 7) is 1.83. The number of benzene rings is 2. The molecule has 0 fully saturated rings. The maximum Gasteiger partial charge on any atom is 0.243 e. The van der Waals surface area contributed by atoms with Crippen LogP contribution in [0.3, 0.4) is 0 Å². The van der Waals surface area contributed by atoms with Crippen molar-refractivity contribution < 1.29 is 19.1 Å². The van der Waals surface area contributed by atoms with Gasteiger partial charge in [0, 0.05) is 12.1 Å². The number of aryl methyl sites for hydroxylation is 1. The molecule has 0 spiro atoms. The molecular weight excluding hydrogens is 356 g/mol. The fraction of sp³-hybridized carbons (Fsp3) is 0.263. The van der Waals surface area contributed by atoms with Crippen LogP contribution in [0.1, 0.15) is 11.1 Å². The summed E-state index contributed by atoms with van der Waals surface area (Å²) >= 11 is 6.03. The van der Waals surface area contributed by atoms with E-state index in [1.807, 2.05) is 31.2 Å². The van der Waals surface area contributed by atoms with Crippen LogP contribution in [0, 0.1) is 6.92 Å². The molecule has 26 heavy (non-hydrogen) atoms. The molecule has 0 atom stereocenters. The van der Waals surface area contributed by atoms with Crippen LogP contribution in [0.5, 0.6) is 11.5 Å². The van der Waals surface area contributed by atoms with Crippen LogP contribution in [0.15, 0.2) is 36.4 Å². The third kappa shape index (κ3) is 5.39. The molecule has 6 nitrogen and oxygen atoms in total. The predicted molar refractivity (Wildman–Crippen MR) is 101 cm³/mol. The highest BCUT2D eigenvalue weighted by atomic mass is 35.5. The minimum absolute atomic E-state index is 0.154. The van der Waals surface area contributed by atoms with E-state index in [9.17, 15) is 9.59 Å². The maximum atomic E-state index is 12.1. The largest absolute Gasteiger partial charge is 0.495 e. The highest BCUT2D eigenvalue weighted by molar-refractivity contribution is 6.32. The summed E-state index contributed by atoms with van der Waals surface area (Å²) in [7, 11) is 2.95. The second-order valence-electron chi connectivity index (χ2n) is 5.67. The number of nitrogens with one attached hydrogen (secondary N) is 2. The van der Waals surface area contributed by atoms with Crippen molar-refractivity contribution in [3.63, 3.8) is 0 Å². The standard InChI is InChI=1S/C19H21ClN2O4/c1-12-4-6-13(7-5-12)8-18(23)21-11-19(24)22-15-10-16(25-2)14(20)9-17(15)26-3/h4-7,9-10H,8,11H2,1-3H3,(H,21,23)(H,22,24). The number of hydrogen-bond acceptors (Lipinski definition) is 4. The quantitative estimate of drug-likeness (QED) is 0.778. The van der Waals surface area contributed by atoms with Crippen LogP contribution in [0.4, 0.5) is 5.69 Å². The SMILES string of the molecule is COc1cc(NC(=O)CNC(=O)Cc2ccc(C)cc2)c(OC)cc1Cl. The fourth-order valence-electron chi connectivity index (χ4n) is 2.29. The molecule has 0 radical (unpaired) electrons. The molecular formula is C19H21ClN2O4. The lowest BCUT2D eigenvalue weighted by Gasteiger charge is -2.13. The molecule has 0 bridgehead atoms. The summed E-state index contributed by atoms with van der Waals surface area (Å²) in [4.78, 5) is 24.1. The van der Waals surface area contributed by atoms with Gasteiger partial charge in [0.2, 0.25) is 11.8 Å². The second kappa shape index (κ2) is 9.10. The Morgan fingerprint density at radius 2 is 1.65 bits per heavy atom. The Morgan fingerprint density at radius 3 is 2.27 bits per heavy atom. The lowest BCUT2D eigenvalue weighted by Crippen LogP contribution is -2.33. The lowest BCUT2D eigenvalue weighted by atomic mass is 10.1. The zero-order chi connectivity index (χ0) is 19.1. The molecule has 2 N–H and O–H groups in total. The molecule has 0 unspecified atom stereocenters. The second-order valence-corrected chi connectivity index (χ2v) is 6.08. The van der Waals surface area contributed by atoms with E-state index in [0.29, 0.717) is 22.2 Å². The van der Waals surface area contributed by atoms with E-state index >= 15 is 0 Å². The number of anilines is 1. The molecule has 2 amide bonds. The fourth-order valence-corrected chi connectivity index (χ4v) is 2.52. The summed E-state index contributed by atoms with van der Waals surface area (Å²) in [5.41, 5.74) is 2.42. The van der Waals surface area contributed by atoms with Gasteiger partial charge >= 0.3 is 0 Å². The van der Waals surface area contributed by atoms with Gasteiger partial charge in [0.25, 0.3) is 0 Å². The first-order valence-corrected chi connectivity index (χ1v) is 8.34. The van der Waals surface area contributed by atoms with Crippen molar-refractivity contribution >= 4 is 29.1 Å². The van der Waals surface area contributed by atoms with Crippen LogP contribution in [-0.4, -0.2) is 32.6 Å². The Morgan fingerprint density at radius 1 is 1.00 bits per heavy atom. The molecule has 0 aliphatic rings. The van der Waals surface area contributed by atoms with Gasteiger partial charge in [0.15, 0.2) is 0 Å². The van der Waals surface area contributed by atoms with Gasteiger partial charge in [-0.3, -0.25) is 9.59 Å². The van der Waals surface area contributed by atoms with Gasteiger partial charge in [-0.15, -0.1) is 0 Å². The molecule has 0 heterocycles. The summed E-state index contributed by atoms with van der Waals surface area (Å²) in [6.07, 6.45) is 0.214. The van der Waals surface area contributed by atoms with Gasteiger partial charge in [-0.2, -0.15) is 0 Å². The first kappa shape index (κ1) is 19.6. The van der Waals surface area contributed by atoms with Crippen LogP contribution < -0.4 is 20.1 Å². The number of amides is 2. The van der Waals surface area contributed by atoms with Crippen molar-refractivity contribution in [3.8, 4) is 11.5 Å². The molecule has 2 aromatic rings. The van der Waals surface area contributed by atoms with Crippen molar-refractivity contribution in [2.75, 3.05) is 26.1 Å². The number of methoxy groups -OCH3 is 2. The van der Waals surface area contributed by atoms with Gasteiger partial charge < -0.3 is 20.1 Å². The minimum Gasteiger partial charge on any atom is -0.495 e. The van der Waals surface area contributed by atoms with Crippen molar-refractivity contribution in [2.24, 2.45) is 0 Å². The minimum atomic E-state index is -0.384. The van der Waals surface area contributed by atoms with Crippen LogP contribution in [0.2, 0.25) is 5.02 Å². The highest BCUT2D eigenvalue weighted by Gasteiger charge is 2.13. The van der Waals surface area contributed by atoms with E-state index in [4.69, 9.17) is 21.1 Å². The molecule has 0 aliphatic carbocycles. The van der Waals surface area contributed by atoms with Crippen molar-refractivity contribution in [2.45, 2.75) is 13.3 Å². The number of hydrogen-bond donors (Lipinski definition) is 2. The van der Waals surface area contributed by atoms with Gasteiger partial charge in [-0.25, -0.2) is 0 Å². The number of rotatable bonds is 7. The average Bonchev–Trinajstić information content (AvgIpc) is 2.63. The summed E-state index contributed by atoms with van der Waals surface area (Å²) in [5, 5.41) is 5.64. The normalized spacial score (nSPS) is 10.2. The highest BCUT2D eigenvalue weighted by Crippen LogP contribution is 2.35. The van der Waals surface area contributed by atoms with Crippen LogP contribution >= 0.6 is 11.6 Å². The monoisotopic (exact) mass is 376 g/mol. The Hall–Kier alpha value is -2.73. The zero-order valence-corrected chi connectivity index (χ0v) is 15.6. The van der Waals surface area contributed by atoms with Crippen molar-refractivity contribution in [1.82, 2.24) is 5.32 Å². The third-order valence-electron chi connectivity index (χ3n) is 3.68. The first-order chi connectivity index (χ1) is 12.4. The summed E-state index contributed by atoms with van der Waals surface area (Å²) < 4.78 is 10.3.